The maximum absolute atomic E-state index is 12.1. The second kappa shape index (κ2) is 11.9. The number of benzene rings is 2. The van der Waals surface area contributed by atoms with E-state index < -0.39 is 30.7 Å². The first-order chi connectivity index (χ1) is 13.5. The van der Waals surface area contributed by atoms with Gasteiger partial charge in [0.05, 0.1) is 44.2 Å². The number of hydrogen-bond donors (Lipinski definition) is 3. The maximum atomic E-state index is 12.1. The highest BCUT2D eigenvalue weighted by Gasteiger charge is 2.24. The van der Waals surface area contributed by atoms with Crippen molar-refractivity contribution < 1.29 is 29.6 Å². The molecule has 0 heterocycles. The largest absolute Gasteiger partial charge is 0.462 e. The monoisotopic (exact) mass is 452 g/mol. The Hall–Kier alpha value is -1.77. The minimum absolute atomic E-state index is 0.0156. The highest BCUT2D eigenvalue weighted by Crippen LogP contribution is 2.16. The summed E-state index contributed by atoms with van der Waals surface area (Å²) in [5, 5.41) is 29.3. The molecule has 152 valence electrons. The fraction of sp³-hybridized carbons (Fsp3) is 0.381. The van der Waals surface area contributed by atoms with Gasteiger partial charge in [-0.15, -0.1) is 0 Å². The molecule has 3 atom stereocenters. The van der Waals surface area contributed by atoms with Gasteiger partial charge in [-0.05, 0) is 36.2 Å². The van der Waals surface area contributed by atoms with Gasteiger partial charge in [-0.25, -0.2) is 4.79 Å². The summed E-state index contributed by atoms with van der Waals surface area (Å²) in [4.78, 5) is 12.1. The van der Waals surface area contributed by atoms with Crippen molar-refractivity contribution in [3.63, 3.8) is 0 Å². The van der Waals surface area contributed by atoms with Crippen LogP contribution in [-0.2, 0) is 16.1 Å². The van der Waals surface area contributed by atoms with E-state index >= 15 is 0 Å². The predicted molar refractivity (Wildman–Crippen MR) is 108 cm³/mol. The smallest absolute Gasteiger partial charge is 0.338 e. The standard InChI is InChI=1S/C21H25BrO6/c22-18-8-6-15(7-9-18)12-27-14-20(25)17(10-19(24)11-23)13-28-21(26)16-4-2-1-3-5-16/h1-9,17,19-20,23-25H,10-14H2/t17-,19?,20+/m1/s1. The van der Waals surface area contributed by atoms with Crippen molar-refractivity contribution in [2.75, 3.05) is 19.8 Å². The topological polar surface area (TPSA) is 96.2 Å². The summed E-state index contributed by atoms with van der Waals surface area (Å²) in [5.41, 5.74) is 1.36. The molecule has 0 aromatic heterocycles. The lowest BCUT2D eigenvalue weighted by Gasteiger charge is -2.24. The zero-order chi connectivity index (χ0) is 20.4. The summed E-state index contributed by atoms with van der Waals surface area (Å²) >= 11 is 3.36. The van der Waals surface area contributed by atoms with Crippen LogP contribution in [0.3, 0.4) is 0 Å². The van der Waals surface area contributed by atoms with Crippen LogP contribution in [0.25, 0.3) is 0 Å². The van der Waals surface area contributed by atoms with Crippen LogP contribution in [0.15, 0.2) is 59.1 Å². The maximum Gasteiger partial charge on any atom is 0.338 e. The summed E-state index contributed by atoms with van der Waals surface area (Å²) in [6, 6.07) is 16.1. The summed E-state index contributed by atoms with van der Waals surface area (Å²) in [6.07, 6.45) is -1.89. The Kier molecular flexibility index (Phi) is 9.60. The van der Waals surface area contributed by atoms with Crippen molar-refractivity contribution in [2.45, 2.75) is 25.2 Å². The zero-order valence-corrected chi connectivity index (χ0v) is 17.0. The molecule has 2 rings (SSSR count). The summed E-state index contributed by atoms with van der Waals surface area (Å²) in [7, 11) is 0. The first-order valence-electron chi connectivity index (χ1n) is 9.01. The molecule has 0 saturated heterocycles. The number of carbonyl (C=O) groups is 1. The molecule has 1 unspecified atom stereocenters. The van der Waals surface area contributed by atoms with Crippen LogP contribution in [0.2, 0.25) is 0 Å². The molecule has 3 N–H and O–H groups in total. The Bertz CT molecular complexity index is 707. The molecule has 0 aliphatic heterocycles. The highest BCUT2D eigenvalue weighted by atomic mass is 79.9. The molecule has 0 spiro atoms. The Morgan fingerprint density at radius 1 is 1.00 bits per heavy atom. The van der Waals surface area contributed by atoms with Crippen molar-refractivity contribution in [2.24, 2.45) is 5.92 Å². The minimum atomic E-state index is -1.01. The van der Waals surface area contributed by atoms with E-state index in [1.807, 2.05) is 24.3 Å². The Morgan fingerprint density at radius 2 is 1.68 bits per heavy atom. The van der Waals surface area contributed by atoms with Crippen LogP contribution in [0.5, 0.6) is 0 Å². The third kappa shape index (κ3) is 7.69. The van der Waals surface area contributed by atoms with Gasteiger partial charge in [-0.3, -0.25) is 0 Å². The number of aliphatic hydroxyl groups excluding tert-OH is 3. The van der Waals surface area contributed by atoms with Crippen LogP contribution >= 0.6 is 15.9 Å². The molecular formula is C21H25BrO6. The fourth-order valence-electron chi connectivity index (χ4n) is 2.61. The lowest BCUT2D eigenvalue weighted by molar-refractivity contribution is -0.0413. The average Bonchev–Trinajstić information content (AvgIpc) is 2.72. The normalized spacial score (nSPS) is 14.3. The molecule has 2 aromatic rings. The van der Waals surface area contributed by atoms with Crippen molar-refractivity contribution >= 4 is 21.9 Å². The van der Waals surface area contributed by atoms with Crippen molar-refractivity contribution in [3.8, 4) is 0 Å². The lowest BCUT2D eigenvalue weighted by Crippen LogP contribution is -2.34. The van der Waals surface area contributed by atoms with Gasteiger partial charge >= 0.3 is 5.97 Å². The van der Waals surface area contributed by atoms with Gasteiger partial charge < -0.3 is 24.8 Å². The second-order valence-electron chi connectivity index (χ2n) is 6.51. The molecule has 0 amide bonds. The summed E-state index contributed by atoms with van der Waals surface area (Å²) < 4.78 is 11.8. The van der Waals surface area contributed by atoms with E-state index in [1.54, 1.807) is 30.3 Å². The first-order valence-corrected chi connectivity index (χ1v) is 9.80. The number of hydrogen-bond acceptors (Lipinski definition) is 6. The summed E-state index contributed by atoms with van der Waals surface area (Å²) in [6.45, 7) is -0.186. The van der Waals surface area contributed by atoms with Crippen molar-refractivity contribution in [3.05, 3.63) is 70.2 Å². The first kappa shape index (κ1) is 22.5. The van der Waals surface area contributed by atoms with E-state index in [1.165, 1.54) is 0 Å². The predicted octanol–water partition coefficient (Wildman–Crippen LogP) is 2.54. The van der Waals surface area contributed by atoms with Gasteiger partial charge in [0.1, 0.15) is 0 Å². The third-order valence-electron chi connectivity index (χ3n) is 4.24. The molecule has 6 nitrogen and oxygen atoms in total. The molecule has 2 aromatic carbocycles. The molecule has 0 radical (unpaired) electrons. The van der Waals surface area contributed by atoms with E-state index in [0.717, 1.165) is 10.0 Å². The van der Waals surface area contributed by atoms with E-state index in [2.05, 4.69) is 15.9 Å². The van der Waals surface area contributed by atoms with Crippen LogP contribution < -0.4 is 0 Å². The number of carbonyl (C=O) groups excluding carboxylic acids is 1. The van der Waals surface area contributed by atoms with E-state index in [0.29, 0.717) is 12.2 Å². The lowest BCUT2D eigenvalue weighted by atomic mass is 9.96. The zero-order valence-electron chi connectivity index (χ0n) is 15.4. The molecule has 0 bridgehead atoms. The quantitative estimate of drug-likeness (QED) is 0.453. The SMILES string of the molecule is O=C(OC[C@@H](CC(O)CO)[C@@H](O)COCc1ccc(Br)cc1)c1ccccc1. The van der Waals surface area contributed by atoms with Crippen LogP contribution in [0.1, 0.15) is 22.3 Å². The molecule has 0 saturated carbocycles. The second-order valence-corrected chi connectivity index (χ2v) is 7.42. The fourth-order valence-corrected chi connectivity index (χ4v) is 2.88. The van der Waals surface area contributed by atoms with Gasteiger partial charge in [-0.2, -0.15) is 0 Å². The number of aliphatic hydroxyl groups is 3. The van der Waals surface area contributed by atoms with Crippen LogP contribution in [-0.4, -0.2) is 53.3 Å². The van der Waals surface area contributed by atoms with Gasteiger partial charge in [0, 0.05) is 10.4 Å². The summed E-state index contributed by atoms with van der Waals surface area (Å²) in [5.74, 6) is -1.08. The number of halogens is 1. The van der Waals surface area contributed by atoms with E-state index in [-0.39, 0.29) is 19.6 Å². The minimum Gasteiger partial charge on any atom is -0.462 e. The van der Waals surface area contributed by atoms with Crippen LogP contribution in [0, 0.1) is 5.92 Å². The number of esters is 1. The van der Waals surface area contributed by atoms with Gasteiger partial charge in [0.25, 0.3) is 0 Å². The van der Waals surface area contributed by atoms with Gasteiger partial charge in [0.2, 0.25) is 0 Å². The molecule has 0 aliphatic carbocycles. The van der Waals surface area contributed by atoms with Crippen molar-refractivity contribution in [1.82, 2.24) is 0 Å². The third-order valence-corrected chi connectivity index (χ3v) is 4.77. The highest BCUT2D eigenvalue weighted by molar-refractivity contribution is 9.10. The van der Waals surface area contributed by atoms with Gasteiger partial charge in [0.15, 0.2) is 0 Å². The molecule has 0 aliphatic rings. The van der Waals surface area contributed by atoms with Crippen molar-refractivity contribution in [1.29, 1.82) is 0 Å². The molecule has 0 fully saturated rings. The Labute approximate surface area is 172 Å². The molecule has 7 heteroatoms. The van der Waals surface area contributed by atoms with Crippen LogP contribution in [0.4, 0.5) is 0 Å². The van der Waals surface area contributed by atoms with Gasteiger partial charge in [-0.1, -0.05) is 46.3 Å². The Morgan fingerprint density at radius 3 is 2.32 bits per heavy atom. The average molecular weight is 453 g/mol. The number of ether oxygens (including phenoxy) is 2. The van der Waals surface area contributed by atoms with E-state index in [4.69, 9.17) is 14.6 Å². The number of rotatable bonds is 11. The van der Waals surface area contributed by atoms with E-state index in [9.17, 15) is 15.0 Å². The molecule has 28 heavy (non-hydrogen) atoms. The Balaban J connectivity index is 1.87. The molecular weight excluding hydrogens is 428 g/mol.